The quantitative estimate of drug-likeness (QED) is 0.193. The summed E-state index contributed by atoms with van der Waals surface area (Å²) in [6.45, 7) is 0. The lowest BCUT2D eigenvalue weighted by Gasteiger charge is -2.37. The van der Waals surface area contributed by atoms with Crippen LogP contribution in [0.3, 0.4) is 0 Å². The van der Waals surface area contributed by atoms with Crippen LogP contribution in [0.2, 0.25) is 0 Å². The van der Waals surface area contributed by atoms with Crippen molar-refractivity contribution in [2.24, 2.45) is 20.0 Å². The van der Waals surface area contributed by atoms with E-state index in [0.717, 1.165) is 50.7 Å². The van der Waals surface area contributed by atoms with Crippen molar-refractivity contribution in [1.29, 1.82) is 0 Å². The first kappa shape index (κ1) is 27.4. The molecule has 0 spiro atoms. The molecule has 0 saturated heterocycles. The van der Waals surface area contributed by atoms with Crippen molar-refractivity contribution >= 4 is 22.8 Å². The molecule has 0 N–H and O–H groups in total. The minimum absolute atomic E-state index is 0.687. The van der Waals surface area contributed by atoms with E-state index < -0.39 is 11.3 Å². The molecular formula is C40H28N6. The number of nitrogens with zero attached hydrogens (tertiary/aromatic N) is 6. The Bertz CT molecular complexity index is 1840. The largest absolute Gasteiger partial charge is 0.244 e. The van der Waals surface area contributed by atoms with E-state index in [4.69, 9.17) is 20.0 Å². The van der Waals surface area contributed by atoms with Gasteiger partial charge in [-0.2, -0.15) is 0 Å². The van der Waals surface area contributed by atoms with Gasteiger partial charge in [-0.3, -0.25) is 0 Å². The summed E-state index contributed by atoms with van der Waals surface area (Å²) in [4.78, 5) is 31.5. The van der Waals surface area contributed by atoms with E-state index in [1.54, 1.807) is 12.4 Å². The van der Waals surface area contributed by atoms with Crippen LogP contribution in [0.5, 0.6) is 0 Å². The second kappa shape index (κ2) is 11.4. The first-order valence-electron chi connectivity index (χ1n) is 15.2. The fraction of sp³-hybridized carbons (Fsp3) is 0.0500. The van der Waals surface area contributed by atoms with Crippen molar-refractivity contribution in [2.45, 2.75) is 11.3 Å². The van der Waals surface area contributed by atoms with E-state index in [-0.39, 0.29) is 0 Å². The maximum Gasteiger partial charge on any atom is 0.229 e. The molecule has 1 aromatic heterocycles. The van der Waals surface area contributed by atoms with Crippen LogP contribution in [0.15, 0.2) is 190 Å². The molecule has 0 radical (unpaired) electrons. The molecule has 8 rings (SSSR count). The van der Waals surface area contributed by atoms with Gasteiger partial charge in [-0.15, -0.1) is 0 Å². The summed E-state index contributed by atoms with van der Waals surface area (Å²) in [5.74, 6) is 0. The average Bonchev–Trinajstić information content (AvgIpc) is 3.77. The van der Waals surface area contributed by atoms with Crippen molar-refractivity contribution in [2.75, 3.05) is 0 Å². The second-order valence-corrected chi connectivity index (χ2v) is 11.1. The highest BCUT2D eigenvalue weighted by Gasteiger charge is 2.60. The van der Waals surface area contributed by atoms with Gasteiger partial charge in [-0.1, -0.05) is 152 Å². The van der Waals surface area contributed by atoms with Gasteiger partial charge in [0.2, 0.25) is 11.3 Å². The molecule has 2 aliphatic heterocycles. The predicted octanol–water partition coefficient (Wildman–Crippen LogP) is 7.47. The maximum absolute atomic E-state index is 5.65. The predicted molar refractivity (Wildman–Crippen MR) is 184 cm³/mol. The van der Waals surface area contributed by atoms with E-state index >= 15 is 0 Å². The van der Waals surface area contributed by atoms with Crippen LogP contribution in [0, 0.1) is 0 Å². The fourth-order valence-corrected chi connectivity index (χ4v) is 6.22. The molecule has 0 saturated carbocycles. The van der Waals surface area contributed by atoms with Crippen molar-refractivity contribution < 1.29 is 0 Å². The number of hydrogen-bond acceptors (Lipinski definition) is 6. The normalized spacial score (nSPS) is 16.3. The van der Waals surface area contributed by atoms with Crippen LogP contribution in [0.4, 0.5) is 0 Å². The highest BCUT2D eigenvalue weighted by molar-refractivity contribution is 6.55. The SMILES string of the molecule is c1ccc(C2=NC(c3ccccc3)(C3(c4cncnc4)N=C(c4ccccc4)C(c4ccccc4)=N3)N=C2c2ccccc2)cc1. The molecule has 0 fully saturated rings. The van der Waals surface area contributed by atoms with Crippen molar-refractivity contribution in [3.63, 3.8) is 0 Å². The van der Waals surface area contributed by atoms with Crippen molar-refractivity contribution in [1.82, 2.24) is 9.97 Å². The first-order valence-corrected chi connectivity index (χ1v) is 15.2. The molecule has 0 aliphatic carbocycles. The summed E-state index contributed by atoms with van der Waals surface area (Å²) in [5, 5.41) is 0. The third-order valence-electron chi connectivity index (χ3n) is 8.36. The van der Waals surface area contributed by atoms with Gasteiger partial charge in [0, 0.05) is 45.8 Å². The molecule has 6 nitrogen and oxygen atoms in total. The molecule has 2 aliphatic rings. The number of hydrogen-bond donors (Lipinski definition) is 0. The Hall–Kier alpha value is -6.14. The zero-order valence-electron chi connectivity index (χ0n) is 24.8. The van der Waals surface area contributed by atoms with Crippen LogP contribution >= 0.6 is 0 Å². The van der Waals surface area contributed by atoms with Gasteiger partial charge in [0.15, 0.2) is 0 Å². The molecule has 6 aromatic rings. The minimum atomic E-state index is -1.39. The van der Waals surface area contributed by atoms with E-state index in [0.29, 0.717) is 5.56 Å². The lowest BCUT2D eigenvalue weighted by atomic mass is 9.83. The van der Waals surface area contributed by atoms with Crippen LogP contribution in [0.25, 0.3) is 0 Å². The lowest BCUT2D eigenvalue weighted by Crippen LogP contribution is -2.43. The van der Waals surface area contributed by atoms with E-state index in [1.807, 2.05) is 91.0 Å². The van der Waals surface area contributed by atoms with Gasteiger partial charge in [-0.25, -0.2) is 29.9 Å². The van der Waals surface area contributed by atoms with E-state index in [9.17, 15) is 0 Å². The highest BCUT2D eigenvalue weighted by atomic mass is 15.3. The summed E-state index contributed by atoms with van der Waals surface area (Å²) in [5.41, 5.74) is 5.68. The molecule has 6 heteroatoms. The lowest BCUT2D eigenvalue weighted by molar-refractivity contribution is 0.255. The second-order valence-electron chi connectivity index (χ2n) is 11.1. The third-order valence-corrected chi connectivity index (χ3v) is 8.36. The molecule has 0 bridgehead atoms. The van der Waals surface area contributed by atoms with E-state index in [1.165, 1.54) is 6.33 Å². The molecule has 46 heavy (non-hydrogen) atoms. The Morgan fingerprint density at radius 3 is 0.913 bits per heavy atom. The molecule has 0 amide bonds. The molecule has 218 valence electrons. The van der Waals surface area contributed by atoms with Gasteiger partial charge in [0.25, 0.3) is 0 Å². The van der Waals surface area contributed by atoms with Crippen molar-refractivity contribution in [3.05, 3.63) is 204 Å². The van der Waals surface area contributed by atoms with Crippen LogP contribution in [-0.2, 0) is 11.3 Å². The van der Waals surface area contributed by atoms with Gasteiger partial charge >= 0.3 is 0 Å². The summed E-state index contributed by atoms with van der Waals surface area (Å²) < 4.78 is 0. The molecule has 5 aromatic carbocycles. The summed E-state index contributed by atoms with van der Waals surface area (Å²) in [6.07, 6.45) is 5.10. The highest BCUT2D eigenvalue weighted by Crippen LogP contribution is 2.54. The summed E-state index contributed by atoms with van der Waals surface area (Å²) in [6, 6.07) is 50.9. The number of aliphatic imine (C=N–C) groups is 4. The van der Waals surface area contributed by atoms with E-state index in [2.05, 4.69) is 70.6 Å². The van der Waals surface area contributed by atoms with Gasteiger partial charge < -0.3 is 0 Å². The molecule has 0 unspecified atom stereocenters. The number of aromatic nitrogens is 2. The maximum atomic E-state index is 5.65. The van der Waals surface area contributed by atoms with Crippen LogP contribution in [0.1, 0.15) is 33.4 Å². The monoisotopic (exact) mass is 592 g/mol. The topological polar surface area (TPSA) is 75.2 Å². The van der Waals surface area contributed by atoms with Crippen LogP contribution in [-0.4, -0.2) is 32.8 Å². The zero-order chi connectivity index (χ0) is 30.8. The first-order chi connectivity index (χ1) is 22.8. The van der Waals surface area contributed by atoms with Gasteiger partial charge in [0.1, 0.15) is 6.33 Å². The smallest absolute Gasteiger partial charge is 0.229 e. The van der Waals surface area contributed by atoms with Gasteiger partial charge in [-0.05, 0) is 0 Å². The Labute approximate surface area is 267 Å². The van der Waals surface area contributed by atoms with Crippen LogP contribution < -0.4 is 0 Å². The average molecular weight is 593 g/mol. The fourth-order valence-electron chi connectivity index (χ4n) is 6.22. The third kappa shape index (κ3) is 4.50. The standard InChI is InChI=1S/C40H28N6/c1-6-16-29(17-7-1)35-36(30-18-8-2-9-19-30)44-39(43-35,33-24-14-5-15-25-33)40(34-26-41-28-42-27-34)45-37(31-20-10-3-11-21-31)38(46-40)32-22-12-4-13-23-32/h1-28H. The number of benzene rings is 5. The summed E-state index contributed by atoms with van der Waals surface area (Å²) >= 11 is 0. The van der Waals surface area contributed by atoms with Crippen molar-refractivity contribution in [3.8, 4) is 0 Å². The Balaban J connectivity index is 1.52. The molecular weight excluding hydrogens is 564 g/mol. The molecule has 3 heterocycles. The Morgan fingerprint density at radius 2 is 0.587 bits per heavy atom. The Morgan fingerprint density at radius 1 is 0.304 bits per heavy atom. The zero-order valence-corrected chi connectivity index (χ0v) is 24.8. The minimum Gasteiger partial charge on any atom is -0.244 e. The Kier molecular flexibility index (Phi) is 6.80. The summed E-state index contributed by atoms with van der Waals surface area (Å²) in [7, 11) is 0. The van der Waals surface area contributed by atoms with Gasteiger partial charge in [0.05, 0.1) is 22.8 Å². The number of rotatable bonds is 7. The molecule has 0 atom stereocenters.